The number of fused-ring (bicyclic) bond motifs is 5. The molecule has 0 aromatic heterocycles. The monoisotopic (exact) mass is 497 g/mol. The normalized spacial score (nSPS) is 30.1. The molecule has 0 spiro atoms. The maximum atomic E-state index is 13.3. The van der Waals surface area contributed by atoms with Crippen molar-refractivity contribution in [2.75, 3.05) is 4.90 Å². The van der Waals surface area contributed by atoms with E-state index in [1.165, 1.54) is 0 Å². The number of carbonyl (C=O) groups is 4. The van der Waals surface area contributed by atoms with Crippen molar-refractivity contribution in [3.63, 3.8) is 0 Å². The molecule has 28 heavy (non-hydrogen) atoms. The number of imide groups is 1. The number of carbonyl (C=O) groups excluding carboxylic acids is 4. The van der Waals surface area contributed by atoms with E-state index in [-0.39, 0.29) is 0 Å². The van der Waals surface area contributed by atoms with E-state index in [1.54, 1.807) is 36.4 Å². The van der Waals surface area contributed by atoms with Gasteiger partial charge in [-0.3, -0.25) is 19.2 Å². The molecule has 1 aromatic carbocycles. The van der Waals surface area contributed by atoms with Gasteiger partial charge in [-0.15, -0.1) is 0 Å². The molecule has 0 radical (unpaired) electrons. The predicted octanol–water partition coefficient (Wildman–Crippen LogP) is 1.56. The first-order valence-electron chi connectivity index (χ1n) is 8.59. The van der Waals surface area contributed by atoms with E-state index in [0.717, 1.165) is 22.3 Å². The minimum absolute atomic E-state index is 0.392. The van der Waals surface area contributed by atoms with Gasteiger partial charge in [0.2, 0.25) is 11.8 Å². The molecule has 3 aliphatic heterocycles. The summed E-state index contributed by atoms with van der Waals surface area (Å²) in [7, 11) is 0. The lowest BCUT2D eigenvalue weighted by Crippen LogP contribution is -2.52. The van der Waals surface area contributed by atoms with Crippen LogP contribution < -0.4 is 4.90 Å². The maximum absolute atomic E-state index is 13.3. The zero-order chi connectivity index (χ0) is 20.2. The first kappa shape index (κ1) is 19.1. The lowest BCUT2D eigenvalue weighted by Gasteiger charge is -2.34. The van der Waals surface area contributed by atoms with Crippen LogP contribution in [0, 0.1) is 15.4 Å². The molecule has 2 saturated heterocycles. The van der Waals surface area contributed by atoms with Crippen LogP contribution in [0.4, 0.5) is 5.69 Å². The molecule has 1 aromatic rings. The van der Waals surface area contributed by atoms with E-state index in [9.17, 15) is 19.2 Å². The van der Waals surface area contributed by atoms with E-state index < -0.39 is 53.6 Å². The van der Waals surface area contributed by atoms with E-state index >= 15 is 0 Å². The van der Waals surface area contributed by atoms with Gasteiger partial charge in [-0.1, -0.05) is 6.08 Å². The summed E-state index contributed by atoms with van der Waals surface area (Å²) in [6.07, 6.45) is 1.07. The molecule has 0 aliphatic carbocycles. The highest BCUT2D eigenvalue weighted by molar-refractivity contribution is 14.1. The average Bonchev–Trinajstić information content (AvgIpc) is 3.26. The van der Waals surface area contributed by atoms with Crippen LogP contribution in [-0.4, -0.2) is 41.7 Å². The number of benzene rings is 1. The molecule has 4 atom stereocenters. The summed E-state index contributed by atoms with van der Waals surface area (Å²) in [5, 5.41) is 0. The number of hydrogen-bond donors (Lipinski definition) is 0. The minimum atomic E-state index is -1.53. The van der Waals surface area contributed by atoms with Crippen LogP contribution in [0.5, 0.6) is 0 Å². The quantitative estimate of drug-likeness (QED) is 0.205. The Morgan fingerprint density at radius 1 is 1.11 bits per heavy atom. The number of hydrogen-bond acceptors (Lipinski definition) is 7. The van der Waals surface area contributed by atoms with Gasteiger partial charge < -0.3 is 14.2 Å². The molecule has 0 unspecified atom stereocenters. The van der Waals surface area contributed by atoms with Gasteiger partial charge in [0, 0.05) is 17.4 Å². The second kappa shape index (κ2) is 6.66. The van der Waals surface area contributed by atoms with Crippen LogP contribution in [0.1, 0.15) is 13.8 Å². The highest BCUT2D eigenvalue weighted by Gasteiger charge is 2.72. The Morgan fingerprint density at radius 2 is 1.71 bits per heavy atom. The van der Waals surface area contributed by atoms with Gasteiger partial charge in [-0.2, -0.15) is 0 Å². The van der Waals surface area contributed by atoms with Gasteiger partial charge in [-0.05, 0) is 52.9 Å². The van der Waals surface area contributed by atoms with Crippen LogP contribution in [0.15, 0.2) is 36.4 Å². The SMILES string of the molecule is CC(=O)OC(OC(C)=O)[C@@]12C=C[C@@H](O1)[C@@H]1C(=O)N(c3ccc(I)cc3)C(=O)[C@H]12. The van der Waals surface area contributed by atoms with Crippen molar-refractivity contribution in [2.24, 2.45) is 11.8 Å². The number of amides is 2. The number of esters is 2. The molecule has 2 fully saturated rings. The summed E-state index contributed by atoms with van der Waals surface area (Å²) < 4.78 is 17.2. The summed E-state index contributed by atoms with van der Waals surface area (Å²) in [4.78, 5) is 50.6. The van der Waals surface area contributed by atoms with Crippen molar-refractivity contribution in [3.8, 4) is 0 Å². The van der Waals surface area contributed by atoms with E-state index in [0.29, 0.717) is 5.69 Å². The van der Waals surface area contributed by atoms with Crippen LogP contribution in [0.3, 0.4) is 0 Å². The first-order chi connectivity index (χ1) is 13.2. The minimum Gasteiger partial charge on any atom is -0.422 e. The first-order valence-corrected chi connectivity index (χ1v) is 9.67. The van der Waals surface area contributed by atoms with Crippen molar-refractivity contribution < 1.29 is 33.4 Å². The van der Waals surface area contributed by atoms with Gasteiger partial charge in [0.15, 0.2) is 5.60 Å². The van der Waals surface area contributed by atoms with Crippen molar-refractivity contribution in [3.05, 3.63) is 40.0 Å². The largest absolute Gasteiger partial charge is 0.422 e. The fourth-order valence-corrected chi connectivity index (χ4v) is 4.42. The van der Waals surface area contributed by atoms with Gasteiger partial charge in [0.05, 0.1) is 23.6 Å². The van der Waals surface area contributed by atoms with Crippen LogP contribution in [-0.2, 0) is 33.4 Å². The summed E-state index contributed by atoms with van der Waals surface area (Å²) in [5.41, 5.74) is -1.08. The van der Waals surface area contributed by atoms with Crippen LogP contribution >= 0.6 is 22.6 Å². The fraction of sp³-hybridized carbons (Fsp3) is 0.368. The maximum Gasteiger partial charge on any atom is 0.305 e. The van der Waals surface area contributed by atoms with Gasteiger partial charge in [0.25, 0.3) is 6.29 Å². The molecule has 146 valence electrons. The Morgan fingerprint density at radius 3 is 2.29 bits per heavy atom. The highest BCUT2D eigenvalue weighted by atomic mass is 127. The second-order valence-electron chi connectivity index (χ2n) is 6.84. The molecule has 8 nitrogen and oxygen atoms in total. The Kier molecular flexibility index (Phi) is 4.53. The number of anilines is 1. The predicted molar refractivity (Wildman–Crippen MR) is 103 cm³/mol. The van der Waals surface area contributed by atoms with Crippen molar-refractivity contribution in [1.82, 2.24) is 0 Å². The summed E-state index contributed by atoms with van der Waals surface area (Å²) in [6.45, 7) is 2.32. The van der Waals surface area contributed by atoms with E-state index in [4.69, 9.17) is 14.2 Å². The zero-order valence-electron chi connectivity index (χ0n) is 15.0. The third-order valence-corrected chi connectivity index (χ3v) is 5.80. The summed E-state index contributed by atoms with van der Waals surface area (Å²) >= 11 is 2.13. The molecule has 9 heteroatoms. The number of rotatable bonds is 4. The summed E-state index contributed by atoms with van der Waals surface area (Å²) in [5.74, 6) is -4.00. The molecule has 4 rings (SSSR count). The van der Waals surface area contributed by atoms with Crippen LogP contribution in [0.2, 0.25) is 0 Å². The Hall–Kier alpha value is -2.27. The average molecular weight is 497 g/mol. The fourth-order valence-electron chi connectivity index (χ4n) is 4.06. The van der Waals surface area contributed by atoms with E-state index in [1.807, 2.05) is 0 Å². The molecule has 2 bridgehead atoms. The van der Waals surface area contributed by atoms with Crippen molar-refractivity contribution in [1.29, 1.82) is 0 Å². The Balaban J connectivity index is 1.74. The second-order valence-corrected chi connectivity index (χ2v) is 8.08. The molecule has 3 aliphatic rings. The molecule has 0 N–H and O–H groups in total. The Bertz CT molecular complexity index is 895. The van der Waals surface area contributed by atoms with Gasteiger partial charge >= 0.3 is 11.9 Å². The van der Waals surface area contributed by atoms with Gasteiger partial charge in [-0.25, -0.2) is 4.90 Å². The smallest absolute Gasteiger partial charge is 0.305 e. The number of ether oxygens (including phenoxy) is 3. The highest BCUT2D eigenvalue weighted by Crippen LogP contribution is 2.54. The topological polar surface area (TPSA) is 99.2 Å². The molecular weight excluding hydrogens is 481 g/mol. The molecule has 3 heterocycles. The number of nitrogens with zero attached hydrogens (tertiary/aromatic N) is 1. The zero-order valence-corrected chi connectivity index (χ0v) is 17.1. The number of halogens is 1. The van der Waals surface area contributed by atoms with Gasteiger partial charge in [0.1, 0.15) is 0 Å². The van der Waals surface area contributed by atoms with Crippen molar-refractivity contribution >= 4 is 52.0 Å². The molecule has 0 saturated carbocycles. The van der Waals surface area contributed by atoms with Crippen molar-refractivity contribution in [2.45, 2.75) is 31.8 Å². The lowest BCUT2D eigenvalue weighted by molar-refractivity contribution is -0.226. The Labute approximate surface area is 173 Å². The van der Waals surface area contributed by atoms with E-state index in [2.05, 4.69) is 22.6 Å². The lowest BCUT2D eigenvalue weighted by atomic mass is 9.76. The molecular formula is C19H16INO7. The third-order valence-electron chi connectivity index (χ3n) is 5.08. The third kappa shape index (κ3) is 2.75. The summed E-state index contributed by atoms with van der Waals surface area (Å²) in [6, 6.07) is 6.97. The van der Waals surface area contributed by atoms with Crippen LogP contribution in [0.25, 0.3) is 0 Å². The molecule has 2 amide bonds. The standard InChI is InChI=1S/C19H16INO7/c1-9(22)26-18(27-10(2)23)19-8-7-13(28-19)14-15(19)17(25)21(16(14)24)12-5-3-11(20)4-6-12/h3-8,13-15,18H,1-2H3/t13-,14+,15+,19+/m1/s1.